The van der Waals surface area contributed by atoms with E-state index in [0.717, 1.165) is 24.2 Å². The number of ether oxygens (including phenoxy) is 1. The Labute approximate surface area is 121 Å². The van der Waals surface area contributed by atoms with Crippen molar-refractivity contribution in [1.82, 2.24) is 10.6 Å². The molecule has 1 amide bonds. The standard InChI is InChI=1S/C16H26N2O2/c1-5-14(6-2)18-16(19)12(3)17-11-13-9-7-8-10-15(13)20-4/h7-10,12,14,17H,5-6,11H2,1-4H3,(H,18,19). The molecule has 0 heterocycles. The first kappa shape index (κ1) is 16.5. The molecule has 0 aliphatic rings. The van der Waals surface area contributed by atoms with Crippen molar-refractivity contribution < 1.29 is 9.53 Å². The van der Waals surface area contributed by atoms with Gasteiger partial charge in [0.15, 0.2) is 0 Å². The van der Waals surface area contributed by atoms with Crippen molar-refractivity contribution in [3.05, 3.63) is 29.8 Å². The first-order chi connectivity index (χ1) is 9.62. The fourth-order valence-corrected chi connectivity index (χ4v) is 2.02. The van der Waals surface area contributed by atoms with Crippen molar-refractivity contribution in [3.8, 4) is 5.75 Å². The van der Waals surface area contributed by atoms with Crippen LogP contribution in [0.1, 0.15) is 39.2 Å². The number of hydrogen-bond acceptors (Lipinski definition) is 3. The predicted molar refractivity (Wildman–Crippen MR) is 81.8 cm³/mol. The van der Waals surface area contributed by atoms with Crippen molar-refractivity contribution in [2.45, 2.75) is 52.2 Å². The summed E-state index contributed by atoms with van der Waals surface area (Å²) in [6.45, 7) is 6.66. The third-order valence-corrected chi connectivity index (χ3v) is 3.52. The van der Waals surface area contributed by atoms with Gasteiger partial charge >= 0.3 is 0 Å². The molecule has 0 saturated heterocycles. The molecule has 0 fully saturated rings. The van der Waals surface area contributed by atoms with Crippen LogP contribution in [-0.4, -0.2) is 25.1 Å². The second-order valence-electron chi connectivity index (χ2n) is 4.94. The Balaban J connectivity index is 2.50. The highest BCUT2D eigenvalue weighted by molar-refractivity contribution is 5.81. The van der Waals surface area contributed by atoms with Gasteiger partial charge in [-0.3, -0.25) is 4.79 Å². The molecule has 1 aromatic carbocycles. The van der Waals surface area contributed by atoms with E-state index >= 15 is 0 Å². The van der Waals surface area contributed by atoms with Crippen LogP contribution < -0.4 is 15.4 Å². The number of methoxy groups -OCH3 is 1. The summed E-state index contributed by atoms with van der Waals surface area (Å²) in [5, 5.41) is 6.28. The molecule has 0 saturated carbocycles. The highest BCUT2D eigenvalue weighted by atomic mass is 16.5. The van der Waals surface area contributed by atoms with Gasteiger partial charge in [0, 0.05) is 18.2 Å². The lowest BCUT2D eigenvalue weighted by Crippen LogP contribution is -2.45. The van der Waals surface area contributed by atoms with Crippen LogP contribution in [0, 0.1) is 0 Å². The number of para-hydroxylation sites is 1. The van der Waals surface area contributed by atoms with E-state index in [9.17, 15) is 4.79 Å². The third kappa shape index (κ3) is 4.85. The number of nitrogens with one attached hydrogen (secondary N) is 2. The number of rotatable bonds is 8. The first-order valence-corrected chi connectivity index (χ1v) is 7.28. The zero-order chi connectivity index (χ0) is 15.0. The van der Waals surface area contributed by atoms with Gasteiger partial charge in [0.05, 0.1) is 13.2 Å². The summed E-state index contributed by atoms with van der Waals surface area (Å²) in [5.74, 6) is 0.890. The Hall–Kier alpha value is -1.55. The van der Waals surface area contributed by atoms with Gasteiger partial charge < -0.3 is 15.4 Å². The quantitative estimate of drug-likeness (QED) is 0.768. The van der Waals surface area contributed by atoms with Gasteiger partial charge in [0.1, 0.15) is 5.75 Å². The van der Waals surface area contributed by atoms with Crippen molar-refractivity contribution in [2.75, 3.05) is 7.11 Å². The zero-order valence-electron chi connectivity index (χ0n) is 12.9. The summed E-state index contributed by atoms with van der Waals surface area (Å²) < 4.78 is 5.30. The van der Waals surface area contributed by atoms with E-state index in [4.69, 9.17) is 4.74 Å². The SMILES string of the molecule is CCC(CC)NC(=O)C(C)NCc1ccccc1OC. The molecule has 0 bridgehead atoms. The fourth-order valence-electron chi connectivity index (χ4n) is 2.02. The maximum Gasteiger partial charge on any atom is 0.237 e. The normalized spacial score (nSPS) is 12.2. The van der Waals surface area contributed by atoms with Crippen LogP contribution in [0.25, 0.3) is 0 Å². The third-order valence-electron chi connectivity index (χ3n) is 3.52. The van der Waals surface area contributed by atoms with E-state index in [2.05, 4.69) is 24.5 Å². The molecule has 2 N–H and O–H groups in total. The van der Waals surface area contributed by atoms with Gasteiger partial charge in [-0.1, -0.05) is 32.0 Å². The summed E-state index contributed by atoms with van der Waals surface area (Å²) in [6.07, 6.45) is 1.92. The fraction of sp³-hybridized carbons (Fsp3) is 0.562. The smallest absolute Gasteiger partial charge is 0.237 e. The molecule has 1 rings (SSSR count). The van der Waals surface area contributed by atoms with Gasteiger partial charge in [0.2, 0.25) is 5.91 Å². The lowest BCUT2D eigenvalue weighted by molar-refractivity contribution is -0.123. The lowest BCUT2D eigenvalue weighted by Gasteiger charge is -2.19. The van der Waals surface area contributed by atoms with Gasteiger partial charge in [-0.15, -0.1) is 0 Å². The molecule has 4 heteroatoms. The molecule has 4 nitrogen and oxygen atoms in total. The molecular formula is C16H26N2O2. The number of amides is 1. The van der Waals surface area contributed by atoms with Gasteiger partial charge in [-0.25, -0.2) is 0 Å². The summed E-state index contributed by atoms with van der Waals surface area (Å²) in [5.41, 5.74) is 1.05. The maximum atomic E-state index is 12.0. The van der Waals surface area contributed by atoms with Gasteiger partial charge in [-0.2, -0.15) is 0 Å². The molecule has 0 radical (unpaired) electrons. The van der Waals surface area contributed by atoms with Crippen LogP contribution in [0.4, 0.5) is 0 Å². The number of benzene rings is 1. The van der Waals surface area contributed by atoms with E-state index in [1.807, 2.05) is 31.2 Å². The molecule has 0 aromatic heterocycles. The maximum absolute atomic E-state index is 12.0. The minimum absolute atomic E-state index is 0.0496. The Kier molecular flexibility index (Phi) is 7.09. The average Bonchev–Trinajstić information content (AvgIpc) is 2.50. The van der Waals surface area contributed by atoms with E-state index < -0.39 is 0 Å². The Morgan fingerprint density at radius 1 is 1.25 bits per heavy atom. The van der Waals surface area contributed by atoms with Crippen molar-refractivity contribution in [2.24, 2.45) is 0 Å². The van der Waals surface area contributed by atoms with Crippen molar-refractivity contribution >= 4 is 5.91 Å². The second-order valence-corrected chi connectivity index (χ2v) is 4.94. The molecule has 0 aliphatic heterocycles. The monoisotopic (exact) mass is 278 g/mol. The van der Waals surface area contributed by atoms with Crippen LogP contribution in [0.15, 0.2) is 24.3 Å². The Bertz CT molecular complexity index is 417. The van der Waals surface area contributed by atoms with Crippen molar-refractivity contribution in [3.63, 3.8) is 0 Å². The van der Waals surface area contributed by atoms with Crippen LogP contribution in [0.5, 0.6) is 5.75 Å². The number of carbonyl (C=O) groups is 1. The topological polar surface area (TPSA) is 50.4 Å². The summed E-state index contributed by atoms with van der Waals surface area (Å²) in [7, 11) is 1.65. The predicted octanol–water partition coefficient (Wildman–Crippen LogP) is 2.48. The Morgan fingerprint density at radius 2 is 1.90 bits per heavy atom. The second kappa shape index (κ2) is 8.59. The minimum atomic E-state index is -0.222. The highest BCUT2D eigenvalue weighted by Crippen LogP contribution is 2.16. The van der Waals surface area contributed by atoms with Crippen LogP contribution in [0.3, 0.4) is 0 Å². The number of hydrogen-bond donors (Lipinski definition) is 2. The van der Waals surface area contributed by atoms with E-state index in [1.54, 1.807) is 7.11 Å². The van der Waals surface area contributed by atoms with E-state index in [-0.39, 0.29) is 18.0 Å². The average molecular weight is 278 g/mol. The molecule has 0 spiro atoms. The van der Waals surface area contributed by atoms with Crippen LogP contribution in [-0.2, 0) is 11.3 Å². The molecule has 1 atom stereocenters. The molecule has 1 unspecified atom stereocenters. The lowest BCUT2D eigenvalue weighted by atomic mass is 10.1. The molecule has 1 aromatic rings. The highest BCUT2D eigenvalue weighted by Gasteiger charge is 2.15. The van der Waals surface area contributed by atoms with Crippen molar-refractivity contribution in [1.29, 1.82) is 0 Å². The van der Waals surface area contributed by atoms with E-state index in [0.29, 0.717) is 6.54 Å². The molecule has 112 valence electrons. The minimum Gasteiger partial charge on any atom is -0.496 e. The molecular weight excluding hydrogens is 252 g/mol. The summed E-state index contributed by atoms with van der Waals surface area (Å²) in [6, 6.07) is 7.86. The summed E-state index contributed by atoms with van der Waals surface area (Å²) >= 11 is 0. The van der Waals surface area contributed by atoms with E-state index in [1.165, 1.54) is 0 Å². The molecule has 20 heavy (non-hydrogen) atoms. The zero-order valence-corrected chi connectivity index (χ0v) is 12.9. The van der Waals surface area contributed by atoms with Crippen LogP contribution >= 0.6 is 0 Å². The van der Waals surface area contributed by atoms with Gasteiger partial charge in [-0.05, 0) is 25.8 Å². The summed E-state index contributed by atoms with van der Waals surface area (Å²) in [4.78, 5) is 12.0. The Morgan fingerprint density at radius 3 is 2.50 bits per heavy atom. The number of carbonyl (C=O) groups excluding carboxylic acids is 1. The van der Waals surface area contributed by atoms with Crippen LogP contribution in [0.2, 0.25) is 0 Å². The van der Waals surface area contributed by atoms with Gasteiger partial charge in [0.25, 0.3) is 0 Å². The largest absolute Gasteiger partial charge is 0.496 e. The molecule has 0 aliphatic carbocycles. The first-order valence-electron chi connectivity index (χ1n) is 7.28.